The summed E-state index contributed by atoms with van der Waals surface area (Å²) in [5.74, 6) is -0.418. The molecule has 0 spiro atoms. The Hall–Kier alpha value is -2.08. The van der Waals surface area contributed by atoms with E-state index in [4.69, 9.17) is 10.5 Å². The molecule has 2 atom stereocenters. The zero-order valence-corrected chi connectivity index (χ0v) is 15.8. The third-order valence-electron chi connectivity index (χ3n) is 4.51. The van der Waals surface area contributed by atoms with Gasteiger partial charge in [-0.15, -0.1) is 0 Å². The summed E-state index contributed by atoms with van der Waals surface area (Å²) >= 11 is 0. The van der Waals surface area contributed by atoms with E-state index < -0.39 is 11.5 Å². The molecule has 0 bridgehead atoms. The van der Waals surface area contributed by atoms with E-state index in [-0.39, 0.29) is 18.2 Å². The molecule has 0 saturated carbocycles. The van der Waals surface area contributed by atoms with Gasteiger partial charge in [0.25, 0.3) is 0 Å². The van der Waals surface area contributed by atoms with E-state index in [1.54, 1.807) is 17.0 Å². The lowest BCUT2D eigenvalue weighted by Gasteiger charge is -2.43. The quantitative estimate of drug-likeness (QED) is 0.912. The molecule has 1 aromatic rings. The largest absolute Gasteiger partial charge is 0.444 e. The van der Waals surface area contributed by atoms with Crippen molar-refractivity contribution < 1.29 is 14.3 Å². The zero-order valence-electron chi connectivity index (χ0n) is 15.8. The minimum atomic E-state index is -0.479. The SMILES string of the molecule is C[C@H]1CN(C(=O)OC(C)(C)C)CCN1[C@@H](C)c1ccc(C(N)=O)cc1. The van der Waals surface area contributed by atoms with Crippen molar-refractivity contribution in [3.8, 4) is 0 Å². The van der Waals surface area contributed by atoms with Crippen LogP contribution in [0.5, 0.6) is 0 Å². The van der Waals surface area contributed by atoms with E-state index in [1.165, 1.54) is 0 Å². The van der Waals surface area contributed by atoms with Crippen molar-refractivity contribution in [3.05, 3.63) is 35.4 Å². The average molecular weight is 347 g/mol. The highest BCUT2D eigenvalue weighted by atomic mass is 16.6. The molecule has 2 rings (SSSR count). The van der Waals surface area contributed by atoms with Gasteiger partial charge in [0.2, 0.25) is 5.91 Å². The fourth-order valence-corrected chi connectivity index (χ4v) is 3.16. The lowest BCUT2D eigenvalue weighted by Crippen LogP contribution is -2.54. The first-order valence-corrected chi connectivity index (χ1v) is 8.72. The van der Waals surface area contributed by atoms with Crippen molar-refractivity contribution in [2.75, 3.05) is 19.6 Å². The Morgan fingerprint density at radius 3 is 2.28 bits per heavy atom. The molecular formula is C19H29N3O3. The van der Waals surface area contributed by atoms with Crippen LogP contribution in [0.4, 0.5) is 4.79 Å². The minimum Gasteiger partial charge on any atom is -0.444 e. The summed E-state index contributed by atoms with van der Waals surface area (Å²) in [7, 11) is 0. The molecular weight excluding hydrogens is 318 g/mol. The normalized spacial score (nSPS) is 20.2. The molecule has 1 aliphatic heterocycles. The number of ether oxygens (including phenoxy) is 1. The maximum absolute atomic E-state index is 12.2. The van der Waals surface area contributed by atoms with Crippen molar-refractivity contribution >= 4 is 12.0 Å². The van der Waals surface area contributed by atoms with Crippen LogP contribution >= 0.6 is 0 Å². The second-order valence-electron chi connectivity index (χ2n) is 7.68. The molecule has 1 aromatic carbocycles. The van der Waals surface area contributed by atoms with Crippen LogP contribution in [0, 0.1) is 0 Å². The van der Waals surface area contributed by atoms with Gasteiger partial charge in [-0.25, -0.2) is 4.79 Å². The molecule has 0 unspecified atom stereocenters. The summed E-state index contributed by atoms with van der Waals surface area (Å²) in [5.41, 5.74) is 6.45. The summed E-state index contributed by atoms with van der Waals surface area (Å²) in [4.78, 5) is 27.6. The van der Waals surface area contributed by atoms with Gasteiger partial charge in [0.15, 0.2) is 0 Å². The summed E-state index contributed by atoms with van der Waals surface area (Å²) in [5, 5.41) is 0. The molecule has 0 aromatic heterocycles. The number of benzene rings is 1. The number of carbonyl (C=O) groups excluding carboxylic acids is 2. The van der Waals surface area contributed by atoms with Crippen LogP contribution in [0.25, 0.3) is 0 Å². The number of amides is 2. The predicted octanol–water partition coefficient (Wildman–Crippen LogP) is 2.79. The van der Waals surface area contributed by atoms with E-state index in [0.717, 1.165) is 12.1 Å². The van der Waals surface area contributed by atoms with Crippen molar-refractivity contribution in [3.63, 3.8) is 0 Å². The number of hydrogen-bond acceptors (Lipinski definition) is 4. The third kappa shape index (κ3) is 4.95. The Bertz CT molecular complexity index is 622. The van der Waals surface area contributed by atoms with Gasteiger partial charge in [-0.3, -0.25) is 9.69 Å². The number of nitrogens with zero attached hydrogens (tertiary/aromatic N) is 2. The van der Waals surface area contributed by atoms with Gasteiger partial charge < -0.3 is 15.4 Å². The molecule has 1 heterocycles. The summed E-state index contributed by atoms with van der Waals surface area (Å²) in [6.45, 7) is 11.9. The Labute approximate surface area is 149 Å². The topological polar surface area (TPSA) is 75.9 Å². The minimum absolute atomic E-state index is 0.192. The first-order valence-electron chi connectivity index (χ1n) is 8.72. The highest BCUT2D eigenvalue weighted by Gasteiger charge is 2.32. The second kappa shape index (κ2) is 7.44. The van der Waals surface area contributed by atoms with Gasteiger partial charge in [-0.05, 0) is 52.3 Å². The molecule has 0 aliphatic carbocycles. The standard InChI is InChI=1S/C19H29N3O3/c1-13-12-21(18(24)25-19(3,4)5)10-11-22(13)14(2)15-6-8-16(9-7-15)17(20)23/h6-9,13-14H,10-12H2,1-5H3,(H2,20,23)/t13-,14-/m0/s1. The predicted molar refractivity (Wildman–Crippen MR) is 97.3 cm³/mol. The summed E-state index contributed by atoms with van der Waals surface area (Å²) in [6.07, 6.45) is -0.252. The maximum atomic E-state index is 12.2. The van der Waals surface area contributed by atoms with Crippen LogP contribution in [-0.4, -0.2) is 53.1 Å². The van der Waals surface area contributed by atoms with Crippen molar-refractivity contribution in [1.29, 1.82) is 0 Å². The molecule has 6 nitrogen and oxygen atoms in total. The fraction of sp³-hybridized carbons (Fsp3) is 0.579. The van der Waals surface area contributed by atoms with E-state index in [0.29, 0.717) is 18.7 Å². The van der Waals surface area contributed by atoms with E-state index >= 15 is 0 Å². The van der Waals surface area contributed by atoms with Crippen molar-refractivity contribution in [2.45, 2.75) is 52.3 Å². The highest BCUT2D eigenvalue weighted by molar-refractivity contribution is 5.92. The van der Waals surface area contributed by atoms with Gasteiger partial charge in [-0.2, -0.15) is 0 Å². The Kier molecular flexibility index (Phi) is 5.72. The third-order valence-corrected chi connectivity index (χ3v) is 4.51. The number of hydrogen-bond donors (Lipinski definition) is 1. The van der Waals surface area contributed by atoms with Gasteiger partial charge in [0.05, 0.1) is 0 Å². The molecule has 1 fully saturated rings. The second-order valence-corrected chi connectivity index (χ2v) is 7.68. The molecule has 2 N–H and O–H groups in total. The van der Waals surface area contributed by atoms with Crippen LogP contribution in [0.2, 0.25) is 0 Å². The average Bonchev–Trinajstić information content (AvgIpc) is 2.52. The molecule has 1 aliphatic rings. The maximum Gasteiger partial charge on any atom is 0.410 e. The summed E-state index contributed by atoms with van der Waals surface area (Å²) in [6, 6.07) is 7.81. The van der Waals surface area contributed by atoms with Gasteiger partial charge in [0.1, 0.15) is 5.60 Å². The lowest BCUT2D eigenvalue weighted by atomic mass is 10.0. The fourth-order valence-electron chi connectivity index (χ4n) is 3.16. The van der Waals surface area contributed by atoms with Crippen LogP contribution in [-0.2, 0) is 4.74 Å². The first kappa shape index (κ1) is 19.2. The van der Waals surface area contributed by atoms with Crippen LogP contribution < -0.4 is 5.73 Å². The van der Waals surface area contributed by atoms with Gasteiger partial charge >= 0.3 is 6.09 Å². The zero-order chi connectivity index (χ0) is 18.8. The lowest BCUT2D eigenvalue weighted by molar-refractivity contribution is -0.000714. The molecule has 25 heavy (non-hydrogen) atoms. The van der Waals surface area contributed by atoms with E-state index in [9.17, 15) is 9.59 Å². The number of piperazine rings is 1. The molecule has 6 heteroatoms. The van der Waals surface area contributed by atoms with Crippen LogP contribution in [0.15, 0.2) is 24.3 Å². The Morgan fingerprint density at radius 2 is 1.80 bits per heavy atom. The Balaban J connectivity index is 2.00. The monoisotopic (exact) mass is 347 g/mol. The molecule has 1 saturated heterocycles. The smallest absolute Gasteiger partial charge is 0.410 e. The number of nitrogens with two attached hydrogens (primary N) is 1. The first-order chi connectivity index (χ1) is 11.6. The Morgan fingerprint density at radius 1 is 1.20 bits per heavy atom. The van der Waals surface area contributed by atoms with Crippen molar-refractivity contribution in [1.82, 2.24) is 9.80 Å². The van der Waals surface area contributed by atoms with E-state index in [2.05, 4.69) is 18.7 Å². The van der Waals surface area contributed by atoms with Crippen molar-refractivity contribution in [2.24, 2.45) is 5.73 Å². The highest BCUT2D eigenvalue weighted by Crippen LogP contribution is 2.26. The number of rotatable bonds is 3. The van der Waals surface area contributed by atoms with E-state index in [1.807, 2.05) is 32.9 Å². The van der Waals surface area contributed by atoms with Crippen LogP contribution in [0.3, 0.4) is 0 Å². The molecule has 2 amide bonds. The molecule has 0 radical (unpaired) electrons. The van der Waals surface area contributed by atoms with Gasteiger partial charge in [0, 0.05) is 37.3 Å². The molecule has 138 valence electrons. The van der Waals surface area contributed by atoms with Gasteiger partial charge in [-0.1, -0.05) is 12.1 Å². The van der Waals surface area contributed by atoms with Crippen LogP contribution in [0.1, 0.15) is 56.6 Å². The number of carbonyl (C=O) groups is 2. The number of primary amides is 1. The summed E-state index contributed by atoms with van der Waals surface area (Å²) < 4.78 is 5.47.